The van der Waals surface area contributed by atoms with Crippen LogP contribution in [-0.2, 0) is 19.1 Å². The summed E-state index contributed by atoms with van der Waals surface area (Å²) in [6, 6.07) is 9.37. The van der Waals surface area contributed by atoms with Crippen molar-refractivity contribution in [2.24, 2.45) is 17.8 Å². The summed E-state index contributed by atoms with van der Waals surface area (Å²) in [5.41, 5.74) is -0.408. The molecule has 2 fully saturated rings. The Kier molecular flexibility index (Phi) is 4.28. The lowest BCUT2D eigenvalue weighted by Gasteiger charge is -2.34. The molecule has 1 saturated heterocycles. The second-order valence-electron chi connectivity index (χ2n) is 6.72. The molecule has 124 valence electrons. The summed E-state index contributed by atoms with van der Waals surface area (Å²) in [5, 5.41) is 0. The first-order valence-corrected chi connectivity index (χ1v) is 8.06. The van der Waals surface area contributed by atoms with Gasteiger partial charge in [0.05, 0.1) is 11.8 Å². The van der Waals surface area contributed by atoms with Gasteiger partial charge in [0.1, 0.15) is 24.6 Å². The Bertz CT molecular complexity index is 584. The average Bonchev–Trinajstić information content (AvgIpc) is 2.74. The molecule has 0 spiro atoms. The van der Waals surface area contributed by atoms with Gasteiger partial charge in [-0.25, -0.2) is 0 Å². The van der Waals surface area contributed by atoms with E-state index < -0.39 is 11.5 Å². The number of para-hydroxylation sites is 1. The van der Waals surface area contributed by atoms with Gasteiger partial charge in [-0.15, -0.1) is 0 Å². The Morgan fingerprint density at radius 3 is 2.74 bits per heavy atom. The minimum Gasteiger partial charge on any atom is -0.490 e. The first-order valence-electron chi connectivity index (χ1n) is 8.06. The van der Waals surface area contributed by atoms with Gasteiger partial charge in [-0.05, 0) is 31.4 Å². The molecule has 2 aliphatic rings. The number of hydrogen-bond acceptors (Lipinski definition) is 5. The second-order valence-corrected chi connectivity index (χ2v) is 6.72. The summed E-state index contributed by atoms with van der Waals surface area (Å²) in [7, 11) is 0. The van der Waals surface area contributed by atoms with E-state index in [1.54, 1.807) is 0 Å². The van der Waals surface area contributed by atoms with Gasteiger partial charge in [-0.2, -0.15) is 0 Å². The fraction of sp³-hybridized carbons (Fsp3) is 0.556. The predicted molar refractivity (Wildman–Crippen MR) is 82.8 cm³/mol. The van der Waals surface area contributed by atoms with Crippen molar-refractivity contribution in [1.82, 2.24) is 0 Å². The van der Waals surface area contributed by atoms with Crippen molar-refractivity contribution in [3.63, 3.8) is 0 Å². The number of esters is 2. The minimum absolute atomic E-state index is 0.0766. The topological polar surface area (TPSA) is 61.8 Å². The van der Waals surface area contributed by atoms with Crippen LogP contribution < -0.4 is 4.74 Å². The quantitative estimate of drug-likeness (QED) is 0.617. The zero-order chi connectivity index (χ0) is 16.4. The summed E-state index contributed by atoms with van der Waals surface area (Å²) >= 11 is 0. The van der Waals surface area contributed by atoms with Crippen LogP contribution in [0.5, 0.6) is 5.75 Å². The van der Waals surface area contributed by atoms with Gasteiger partial charge in [-0.1, -0.05) is 25.1 Å². The lowest BCUT2D eigenvalue weighted by atomic mass is 9.69. The van der Waals surface area contributed by atoms with E-state index in [9.17, 15) is 9.59 Å². The fourth-order valence-corrected chi connectivity index (χ4v) is 3.82. The Morgan fingerprint density at radius 1 is 1.26 bits per heavy atom. The van der Waals surface area contributed by atoms with E-state index in [2.05, 4.69) is 0 Å². The Hall–Kier alpha value is -2.04. The molecule has 1 aliphatic carbocycles. The Labute approximate surface area is 135 Å². The zero-order valence-electron chi connectivity index (χ0n) is 13.5. The van der Waals surface area contributed by atoms with Gasteiger partial charge in [0.25, 0.3) is 0 Å². The van der Waals surface area contributed by atoms with E-state index in [-0.39, 0.29) is 30.4 Å². The van der Waals surface area contributed by atoms with Crippen molar-refractivity contribution in [1.29, 1.82) is 0 Å². The molecule has 1 saturated carbocycles. The van der Waals surface area contributed by atoms with E-state index in [0.29, 0.717) is 19.4 Å². The lowest BCUT2D eigenvalue weighted by Crippen LogP contribution is -2.40. The van der Waals surface area contributed by atoms with E-state index in [1.807, 2.05) is 44.2 Å². The lowest BCUT2D eigenvalue weighted by molar-refractivity contribution is -0.157. The van der Waals surface area contributed by atoms with Gasteiger partial charge in [-0.3, -0.25) is 9.59 Å². The van der Waals surface area contributed by atoms with Crippen LogP contribution in [0.2, 0.25) is 0 Å². The molecule has 1 aliphatic heterocycles. The normalized spacial score (nSPS) is 32.3. The molecule has 23 heavy (non-hydrogen) atoms. The summed E-state index contributed by atoms with van der Waals surface area (Å²) in [4.78, 5) is 24.4. The van der Waals surface area contributed by atoms with Crippen LogP contribution in [0.3, 0.4) is 0 Å². The fourth-order valence-electron chi connectivity index (χ4n) is 3.82. The van der Waals surface area contributed by atoms with Gasteiger partial charge < -0.3 is 14.2 Å². The molecule has 1 aromatic carbocycles. The molecular weight excluding hydrogens is 296 g/mol. The largest absolute Gasteiger partial charge is 0.490 e. The summed E-state index contributed by atoms with van der Waals surface area (Å²) in [6.07, 6.45) is 1.31. The van der Waals surface area contributed by atoms with Crippen LogP contribution in [0, 0.1) is 17.8 Å². The first-order chi connectivity index (χ1) is 11.0. The maximum absolute atomic E-state index is 12.4. The molecule has 4 unspecified atom stereocenters. The molecule has 5 nitrogen and oxygen atoms in total. The monoisotopic (exact) mass is 318 g/mol. The highest BCUT2D eigenvalue weighted by Gasteiger charge is 2.56. The smallest absolute Gasteiger partial charge is 0.310 e. The van der Waals surface area contributed by atoms with Gasteiger partial charge in [0.15, 0.2) is 0 Å². The number of ether oxygens (including phenoxy) is 3. The van der Waals surface area contributed by atoms with Crippen LogP contribution in [0.15, 0.2) is 30.3 Å². The SMILES string of the molecule is CC1CC2(C)CC(C(=O)O2)C1C(=O)OCCOc1ccccc1. The molecule has 4 atom stereocenters. The average molecular weight is 318 g/mol. The van der Waals surface area contributed by atoms with E-state index in [0.717, 1.165) is 5.75 Å². The van der Waals surface area contributed by atoms with Gasteiger partial charge in [0, 0.05) is 6.42 Å². The van der Waals surface area contributed by atoms with Crippen molar-refractivity contribution < 1.29 is 23.8 Å². The number of rotatable bonds is 5. The third kappa shape index (κ3) is 3.33. The van der Waals surface area contributed by atoms with Crippen molar-refractivity contribution in [3.8, 4) is 5.75 Å². The molecule has 1 heterocycles. The zero-order valence-corrected chi connectivity index (χ0v) is 13.5. The van der Waals surface area contributed by atoms with Gasteiger partial charge in [0.2, 0.25) is 0 Å². The summed E-state index contributed by atoms with van der Waals surface area (Å²) in [5.74, 6) is -0.544. The minimum atomic E-state index is -0.408. The second kappa shape index (κ2) is 6.22. The summed E-state index contributed by atoms with van der Waals surface area (Å²) in [6.45, 7) is 4.40. The Balaban J connectivity index is 1.51. The van der Waals surface area contributed by atoms with Crippen molar-refractivity contribution in [3.05, 3.63) is 30.3 Å². The number of fused-ring (bicyclic) bond motifs is 2. The van der Waals surface area contributed by atoms with E-state index in [1.165, 1.54) is 0 Å². The van der Waals surface area contributed by atoms with E-state index >= 15 is 0 Å². The number of carbonyl (C=O) groups is 2. The molecule has 0 amide bonds. The molecule has 5 heteroatoms. The molecule has 3 rings (SSSR count). The number of hydrogen-bond donors (Lipinski definition) is 0. The van der Waals surface area contributed by atoms with Crippen LogP contribution >= 0.6 is 0 Å². The highest BCUT2D eigenvalue weighted by Crippen LogP contribution is 2.48. The Morgan fingerprint density at radius 2 is 2.00 bits per heavy atom. The van der Waals surface area contributed by atoms with Crippen molar-refractivity contribution in [2.45, 2.75) is 32.3 Å². The van der Waals surface area contributed by atoms with Crippen molar-refractivity contribution in [2.75, 3.05) is 13.2 Å². The number of carbonyl (C=O) groups excluding carboxylic acids is 2. The third-order valence-corrected chi connectivity index (χ3v) is 4.71. The molecule has 0 aromatic heterocycles. The molecular formula is C18H22O5. The molecule has 0 radical (unpaired) electrons. The van der Waals surface area contributed by atoms with Crippen molar-refractivity contribution >= 4 is 11.9 Å². The molecule has 1 aromatic rings. The third-order valence-electron chi connectivity index (χ3n) is 4.71. The van der Waals surface area contributed by atoms with Crippen LogP contribution in [0.1, 0.15) is 26.7 Å². The maximum Gasteiger partial charge on any atom is 0.310 e. The van der Waals surface area contributed by atoms with Crippen LogP contribution in [0.4, 0.5) is 0 Å². The van der Waals surface area contributed by atoms with E-state index in [4.69, 9.17) is 14.2 Å². The number of benzene rings is 1. The highest BCUT2D eigenvalue weighted by molar-refractivity contribution is 5.84. The maximum atomic E-state index is 12.4. The summed E-state index contributed by atoms with van der Waals surface area (Å²) < 4.78 is 16.3. The van der Waals surface area contributed by atoms with Crippen LogP contribution in [-0.4, -0.2) is 30.8 Å². The first kappa shape index (κ1) is 15.8. The van der Waals surface area contributed by atoms with Gasteiger partial charge >= 0.3 is 11.9 Å². The molecule has 2 bridgehead atoms. The highest BCUT2D eigenvalue weighted by atomic mass is 16.6. The standard InChI is InChI=1S/C18H22O5/c1-12-10-18(2)11-14(16(19)23-18)15(12)17(20)22-9-8-21-13-6-4-3-5-7-13/h3-7,12,14-15H,8-11H2,1-2H3. The van der Waals surface area contributed by atoms with Crippen LogP contribution in [0.25, 0.3) is 0 Å². The predicted octanol–water partition coefficient (Wildman–Crippen LogP) is 2.59. The molecule has 0 N–H and O–H groups in total.